The first-order valence-corrected chi connectivity index (χ1v) is 9.58. The summed E-state index contributed by atoms with van der Waals surface area (Å²) >= 11 is 1.65. The highest BCUT2D eigenvalue weighted by atomic mass is 32.2. The van der Waals surface area contributed by atoms with Crippen molar-refractivity contribution in [2.75, 3.05) is 0 Å². The Bertz CT molecular complexity index is 1240. The van der Waals surface area contributed by atoms with Gasteiger partial charge >= 0.3 is 0 Å². The van der Waals surface area contributed by atoms with Crippen LogP contribution in [-0.2, 0) is 5.75 Å². The third-order valence-corrected chi connectivity index (χ3v) is 5.45. The summed E-state index contributed by atoms with van der Waals surface area (Å²) in [4.78, 5) is 13.6. The smallest absolute Gasteiger partial charge is 0.167 e. The van der Waals surface area contributed by atoms with Crippen LogP contribution in [0.5, 0.6) is 0 Å². The summed E-state index contributed by atoms with van der Waals surface area (Å²) in [5, 5.41) is 6.37. The number of hydrogen-bond acceptors (Lipinski definition) is 5. The van der Waals surface area contributed by atoms with E-state index >= 15 is 0 Å². The third kappa shape index (κ3) is 2.86. The van der Waals surface area contributed by atoms with Crippen molar-refractivity contribution in [2.45, 2.75) is 17.7 Å². The molecular formula is C20H16N6S. The van der Waals surface area contributed by atoms with E-state index in [2.05, 4.69) is 38.7 Å². The van der Waals surface area contributed by atoms with E-state index < -0.39 is 0 Å². The van der Waals surface area contributed by atoms with Crippen LogP contribution < -0.4 is 0 Å². The van der Waals surface area contributed by atoms with Gasteiger partial charge in [0.15, 0.2) is 5.65 Å². The lowest BCUT2D eigenvalue weighted by atomic mass is 10.3. The molecule has 4 aromatic heterocycles. The van der Waals surface area contributed by atoms with Crippen LogP contribution >= 0.6 is 11.8 Å². The summed E-state index contributed by atoms with van der Waals surface area (Å²) in [6.07, 6.45) is 7.52. The number of imidazole rings is 1. The Morgan fingerprint density at radius 3 is 2.74 bits per heavy atom. The average Bonchev–Trinajstić information content (AvgIpc) is 3.32. The van der Waals surface area contributed by atoms with E-state index in [0.717, 1.165) is 38.8 Å². The number of hydrogen-bond donors (Lipinski definition) is 0. The molecule has 0 atom stereocenters. The van der Waals surface area contributed by atoms with Gasteiger partial charge in [-0.05, 0) is 30.7 Å². The average molecular weight is 372 g/mol. The second kappa shape index (κ2) is 6.51. The minimum Gasteiger partial charge on any atom is -0.307 e. The van der Waals surface area contributed by atoms with Gasteiger partial charge in [-0.1, -0.05) is 36.0 Å². The molecule has 1 aromatic carbocycles. The van der Waals surface area contributed by atoms with E-state index in [9.17, 15) is 0 Å². The molecule has 0 bridgehead atoms. The van der Waals surface area contributed by atoms with Gasteiger partial charge in [0.1, 0.15) is 17.0 Å². The van der Waals surface area contributed by atoms with Gasteiger partial charge in [-0.2, -0.15) is 5.10 Å². The minimum atomic E-state index is 0.740. The van der Waals surface area contributed by atoms with E-state index in [1.54, 1.807) is 18.1 Å². The Hall–Kier alpha value is -3.19. The molecule has 132 valence electrons. The lowest BCUT2D eigenvalue weighted by molar-refractivity contribution is 0.893. The van der Waals surface area contributed by atoms with Gasteiger partial charge in [-0.3, -0.25) is 0 Å². The van der Waals surface area contributed by atoms with Crippen molar-refractivity contribution < 1.29 is 0 Å². The number of fused-ring (bicyclic) bond motifs is 2. The summed E-state index contributed by atoms with van der Waals surface area (Å²) in [7, 11) is 0. The third-order valence-electron chi connectivity index (χ3n) is 4.41. The van der Waals surface area contributed by atoms with E-state index in [0.29, 0.717) is 0 Å². The Labute approximate surface area is 159 Å². The van der Waals surface area contributed by atoms with Gasteiger partial charge < -0.3 is 4.40 Å². The maximum Gasteiger partial charge on any atom is 0.167 e. The van der Waals surface area contributed by atoms with Crippen molar-refractivity contribution in [2.24, 2.45) is 0 Å². The molecule has 27 heavy (non-hydrogen) atoms. The second-order valence-corrected chi connectivity index (χ2v) is 7.22. The van der Waals surface area contributed by atoms with Crippen LogP contribution in [0.2, 0.25) is 0 Å². The van der Waals surface area contributed by atoms with Crippen molar-refractivity contribution in [1.29, 1.82) is 0 Å². The van der Waals surface area contributed by atoms with Crippen LogP contribution in [0.1, 0.15) is 11.3 Å². The Morgan fingerprint density at radius 2 is 1.89 bits per heavy atom. The molecule has 4 heterocycles. The monoisotopic (exact) mass is 372 g/mol. The zero-order valence-corrected chi connectivity index (χ0v) is 15.5. The van der Waals surface area contributed by atoms with Gasteiger partial charge in [0.25, 0.3) is 0 Å². The van der Waals surface area contributed by atoms with Crippen LogP contribution in [0, 0.1) is 6.92 Å². The van der Waals surface area contributed by atoms with Crippen molar-refractivity contribution in [3.63, 3.8) is 0 Å². The minimum absolute atomic E-state index is 0.740. The number of aromatic nitrogens is 6. The van der Waals surface area contributed by atoms with E-state index in [1.165, 1.54) is 5.56 Å². The molecule has 6 nitrogen and oxygen atoms in total. The maximum absolute atomic E-state index is 4.74. The summed E-state index contributed by atoms with van der Waals surface area (Å²) in [6.45, 7) is 2.07. The predicted molar refractivity (Wildman–Crippen MR) is 106 cm³/mol. The Balaban J connectivity index is 1.46. The molecule has 0 aliphatic rings. The van der Waals surface area contributed by atoms with Crippen LogP contribution in [0.4, 0.5) is 0 Å². The number of aryl methyl sites for hydroxylation is 1. The van der Waals surface area contributed by atoms with Crippen molar-refractivity contribution >= 4 is 28.4 Å². The fraction of sp³-hybridized carbons (Fsp3) is 0.100. The van der Waals surface area contributed by atoms with E-state index in [4.69, 9.17) is 4.98 Å². The van der Waals surface area contributed by atoms with E-state index in [1.807, 2.05) is 53.5 Å². The summed E-state index contributed by atoms with van der Waals surface area (Å²) < 4.78 is 3.91. The molecule has 0 fully saturated rings. The fourth-order valence-corrected chi connectivity index (χ4v) is 3.96. The normalized spacial score (nSPS) is 11.4. The molecule has 5 aromatic rings. The number of rotatable bonds is 4. The number of pyridine rings is 1. The van der Waals surface area contributed by atoms with Gasteiger partial charge in [0, 0.05) is 18.1 Å². The molecular weight excluding hydrogens is 356 g/mol. The Kier molecular flexibility index (Phi) is 3.86. The van der Waals surface area contributed by atoms with Crippen LogP contribution in [-0.4, -0.2) is 29.1 Å². The second-order valence-electron chi connectivity index (χ2n) is 6.25. The molecule has 0 spiro atoms. The first kappa shape index (κ1) is 16.0. The van der Waals surface area contributed by atoms with Crippen molar-refractivity contribution in [1.82, 2.24) is 29.1 Å². The quantitative estimate of drug-likeness (QED) is 0.352. The first-order valence-electron chi connectivity index (χ1n) is 8.60. The Morgan fingerprint density at radius 1 is 1.00 bits per heavy atom. The summed E-state index contributed by atoms with van der Waals surface area (Å²) in [5.74, 6) is 0.740. The highest BCUT2D eigenvalue weighted by molar-refractivity contribution is 7.98. The highest BCUT2D eigenvalue weighted by Gasteiger charge is 2.12. The molecule has 0 radical (unpaired) electrons. The maximum atomic E-state index is 4.74. The van der Waals surface area contributed by atoms with Crippen molar-refractivity contribution in [3.8, 4) is 5.69 Å². The molecule has 5 rings (SSSR count). The summed E-state index contributed by atoms with van der Waals surface area (Å²) in [6, 6.07) is 14.1. The van der Waals surface area contributed by atoms with Crippen molar-refractivity contribution in [3.05, 3.63) is 78.6 Å². The molecule has 0 saturated heterocycles. The van der Waals surface area contributed by atoms with Gasteiger partial charge in [0.05, 0.1) is 23.0 Å². The van der Waals surface area contributed by atoms with Crippen LogP contribution in [0.3, 0.4) is 0 Å². The van der Waals surface area contributed by atoms with E-state index in [-0.39, 0.29) is 0 Å². The fourth-order valence-electron chi connectivity index (χ4n) is 3.11. The number of nitrogens with zero attached hydrogens (tertiary/aromatic N) is 6. The topological polar surface area (TPSA) is 60.9 Å². The molecule has 0 aliphatic carbocycles. The molecule has 0 N–H and O–H groups in total. The summed E-state index contributed by atoms with van der Waals surface area (Å²) in [5.41, 5.74) is 4.99. The molecule has 0 unspecified atom stereocenters. The van der Waals surface area contributed by atoms with Crippen LogP contribution in [0.25, 0.3) is 22.4 Å². The lowest BCUT2D eigenvalue weighted by Gasteiger charge is -2.03. The molecule has 0 amide bonds. The molecule has 0 aliphatic heterocycles. The molecule has 7 heteroatoms. The number of benzene rings is 1. The standard InChI is InChI=1S/C20H16N6S/c1-14-6-5-9-25-11-15(24-18(14)25)12-27-20-17-10-23-26(19(17)21-13-22-20)16-7-3-2-4-8-16/h2-11,13H,12H2,1H3. The molecule has 0 saturated carbocycles. The van der Waals surface area contributed by atoms with Gasteiger partial charge in [-0.15, -0.1) is 0 Å². The predicted octanol–water partition coefficient (Wildman–Crippen LogP) is 4.06. The van der Waals surface area contributed by atoms with Crippen LogP contribution in [0.15, 0.2) is 72.4 Å². The zero-order chi connectivity index (χ0) is 18.2. The van der Waals surface area contributed by atoms with Gasteiger partial charge in [-0.25, -0.2) is 19.6 Å². The SMILES string of the molecule is Cc1cccn2cc(CSc3ncnc4c3cnn4-c3ccccc3)nc12. The largest absolute Gasteiger partial charge is 0.307 e. The number of para-hydroxylation sites is 1. The highest BCUT2D eigenvalue weighted by Crippen LogP contribution is 2.28. The number of thioether (sulfide) groups is 1. The zero-order valence-electron chi connectivity index (χ0n) is 14.6. The lowest BCUT2D eigenvalue weighted by Crippen LogP contribution is -1.97. The first-order chi connectivity index (χ1) is 13.3. The van der Waals surface area contributed by atoms with Gasteiger partial charge in [0.2, 0.25) is 0 Å².